The zero-order valence-electron chi connectivity index (χ0n) is 16.9. The van der Waals surface area contributed by atoms with Crippen molar-refractivity contribution in [3.8, 4) is 28.7 Å². The van der Waals surface area contributed by atoms with Gasteiger partial charge in [0.15, 0.2) is 11.6 Å². The monoisotopic (exact) mass is 513 g/mol. The third-order valence-corrected chi connectivity index (χ3v) is 4.58. The number of nitrogens with zero attached hydrogens (tertiary/aromatic N) is 6. The maximum Gasteiger partial charge on any atom is 0.433 e. The molecule has 0 unspecified atom stereocenters. The quantitative estimate of drug-likeness (QED) is 0.271. The van der Waals surface area contributed by atoms with E-state index in [2.05, 4.69) is 35.2 Å². The largest absolute Gasteiger partial charge is 0.506 e. The molecular weight excluding hydrogens is 504 g/mol. The van der Waals surface area contributed by atoms with Gasteiger partial charge in [0.1, 0.15) is 28.0 Å². The van der Waals surface area contributed by atoms with Gasteiger partial charge in [-0.15, -0.1) is 0 Å². The van der Waals surface area contributed by atoms with Crippen molar-refractivity contribution >= 4 is 23.2 Å². The van der Waals surface area contributed by atoms with Crippen molar-refractivity contribution in [2.75, 3.05) is 5.32 Å². The van der Waals surface area contributed by atoms with Crippen molar-refractivity contribution in [1.82, 2.24) is 29.9 Å². The van der Waals surface area contributed by atoms with Crippen LogP contribution in [0.3, 0.4) is 0 Å². The van der Waals surface area contributed by atoms with E-state index in [1.165, 1.54) is 12.1 Å². The van der Waals surface area contributed by atoms with Gasteiger partial charge in [-0.1, -0.05) is 17.7 Å². The molecule has 4 heterocycles. The molecule has 0 aliphatic carbocycles. The number of nitrogens with one attached hydrogen (secondary N) is 1. The molecule has 4 aromatic heterocycles. The molecule has 35 heavy (non-hydrogen) atoms. The lowest BCUT2D eigenvalue weighted by molar-refractivity contribution is -0.141. The molecule has 0 saturated heterocycles. The zero-order chi connectivity index (χ0) is 25.4. The van der Waals surface area contributed by atoms with Gasteiger partial charge in [-0.05, 0) is 30.3 Å². The molecule has 0 fully saturated rings. The molecule has 0 amide bonds. The van der Waals surface area contributed by atoms with Crippen molar-refractivity contribution < 1.29 is 31.4 Å². The smallest absolute Gasteiger partial charge is 0.433 e. The summed E-state index contributed by atoms with van der Waals surface area (Å²) < 4.78 is 78.5. The minimum absolute atomic E-state index is 0.0175. The fraction of sp³-hybridized carbons (Fsp3) is 0.100. The summed E-state index contributed by atoms with van der Waals surface area (Å²) >= 11 is 6.06. The van der Waals surface area contributed by atoms with Gasteiger partial charge in [-0.2, -0.15) is 36.3 Å². The van der Waals surface area contributed by atoms with Crippen LogP contribution in [0, 0.1) is 0 Å². The Morgan fingerprint density at radius 1 is 0.800 bits per heavy atom. The van der Waals surface area contributed by atoms with E-state index in [-0.39, 0.29) is 45.4 Å². The van der Waals surface area contributed by atoms with E-state index in [1.54, 1.807) is 0 Å². The predicted molar refractivity (Wildman–Crippen MR) is 110 cm³/mol. The molecule has 0 aliphatic rings. The SMILES string of the molecule is Oc1cnc(Cl)c(-c2nc(Nc3ccnc(C(F)(F)F)c3)nc(-c3cccc(C(F)(F)F)n3)n2)c1. The van der Waals surface area contributed by atoms with E-state index >= 15 is 0 Å². The summed E-state index contributed by atoms with van der Waals surface area (Å²) in [5.41, 5.74) is -2.85. The van der Waals surface area contributed by atoms with Crippen molar-refractivity contribution in [3.05, 3.63) is 65.3 Å². The molecule has 4 rings (SSSR count). The van der Waals surface area contributed by atoms with Gasteiger partial charge >= 0.3 is 12.4 Å². The lowest BCUT2D eigenvalue weighted by Gasteiger charge is -2.12. The number of hydrogen-bond donors (Lipinski definition) is 2. The number of hydrogen-bond acceptors (Lipinski definition) is 8. The first-order valence-electron chi connectivity index (χ1n) is 9.36. The number of halogens is 7. The van der Waals surface area contributed by atoms with Crippen LogP contribution in [-0.4, -0.2) is 35.0 Å². The fourth-order valence-corrected chi connectivity index (χ4v) is 2.96. The van der Waals surface area contributed by atoms with Gasteiger partial charge in [0, 0.05) is 11.9 Å². The number of rotatable bonds is 4. The Labute approximate surface area is 196 Å². The summed E-state index contributed by atoms with van der Waals surface area (Å²) in [6.07, 6.45) is -7.54. The van der Waals surface area contributed by atoms with Gasteiger partial charge < -0.3 is 10.4 Å². The van der Waals surface area contributed by atoms with Gasteiger partial charge in [0.05, 0.1) is 11.8 Å². The zero-order valence-corrected chi connectivity index (χ0v) is 17.7. The lowest BCUT2D eigenvalue weighted by atomic mass is 10.2. The van der Waals surface area contributed by atoms with Crippen LogP contribution in [0.5, 0.6) is 5.75 Å². The number of aromatic nitrogens is 6. The Balaban J connectivity index is 1.85. The highest BCUT2D eigenvalue weighted by molar-refractivity contribution is 6.32. The molecule has 0 bridgehead atoms. The second-order valence-corrected chi connectivity index (χ2v) is 7.15. The summed E-state index contributed by atoms with van der Waals surface area (Å²) in [6, 6.07) is 6.07. The summed E-state index contributed by atoms with van der Waals surface area (Å²) in [4.78, 5) is 22.7. The normalized spacial score (nSPS) is 12.0. The van der Waals surface area contributed by atoms with Crippen molar-refractivity contribution in [3.63, 3.8) is 0 Å². The number of anilines is 2. The van der Waals surface area contributed by atoms with Gasteiger partial charge in [-0.3, -0.25) is 4.98 Å². The Bertz CT molecular complexity index is 1400. The molecular formula is C20H10ClF6N7O. The van der Waals surface area contributed by atoms with Crippen LogP contribution in [0.1, 0.15) is 11.4 Å². The lowest BCUT2D eigenvalue weighted by Crippen LogP contribution is -2.10. The van der Waals surface area contributed by atoms with E-state index in [4.69, 9.17) is 11.6 Å². The molecule has 180 valence electrons. The maximum absolute atomic E-state index is 13.1. The van der Waals surface area contributed by atoms with Crippen LogP contribution < -0.4 is 5.32 Å². The Hall–Kier alpha value is -4.07. The molecule has 0 atom stereocenters. The average molecular weight is 514 g/mol. The maximum atomic E-state index is 13.1. The number of pyridine rings is 3. The highest BCUT2D eigenvalue weighted by Crippen LogP contribution is 2.32. The molecule has 0 radical (unpaired) electrons. The number of aromatic hydroxyl groups is 1. The Morgan fingerprint density at radius 2 is 1.51 bits per heavy atom. The molecule has 0 spiro atoms. The summed E-state index contributed by atoms with van der Waals surface area (Å²) in [5, 5.41) is 12.1. The minimum atomic E-state index is -4.75. The minimum Gasteiger partial charge on any atom is -0.506 e. The van der Waals surface area contributed by atoms with Crippen LogP contribution >= 0.6 is 11.6 Å². The second-order valence-electron chi connectivity index (χ2n) is 6.80. The molecule has 0 aromatic carbocycles. The second kappa shape index (κ2) is 8.94. The van der Waals surface area contributed by atoms with Crippen LogP contribution in [0.2, 0.25) is 5.15 Å². The van der Waals surface area contributed by atoms with Crippen LogP contribution in [0.4, 0.5) is 38.0 Å². The topological polar surface area (TPSA) is 110 Å². The fourth-order valence-electron chi connectivity index (χ4n) is 2.77. The first-order chi connectivity index (χ1) is 16.4. The van der Waals surface area contributed by atoms with Crippen molar-refractivity contribution in [2.45, 2.75) is 12.4 Å². The summed E-state index contributed by atoms with van der Waals surface area (Å²) in [6.45, 7) is 0. The first kappa shape index (κ1) is 24.1. The average Bonchev–Trinajstić information content (AvgIpc) is 2.79. The van der Waals surface area contributed by atoms with E-state index < -0.39 is 23.7 Å². The highest BCUT2D eigenvalue weighted by Gasteiger charge is 2.33. The molecule has 0 saturated carbocycles. The summed E-state index contributed by atoms with van der Waals surface area (Å²) in [7, 11) is 0. The van der Waals surface area contributed by atoms with Crippen molar-refractivity contribution in [1.29, 1.82) is 0 Å². The van der Waals surface area contributed by atoms with Crippen LogP contribution in [0.25, 0.3) is 22.9 Å². The van der Waals surface area contributed by atoms with E-state index in [0.717, 1.165) is 30.6 Å². The Kier molecular flexibility index (Phi) is 6.15. The van der Waals surface area contributed by atoms with E-state index in [9.17, 15) is 31.4 Å². The van der Waals surface area contributed by atoms with Gasteiger partial charge in [0.25, 0.3) is 0 Å². The third-order valence-electron chi connectivity index (χ3n) is 4.28. The van der Waals surface area contributed by atoms with Gasteiger partial charge in [0.2, 0.25) is 5.95 Å². The number of alkyl halides is 6. The molecule has 4 aromatic rings. The molecule has 8 nitrogen and oxygen atoms in total. The van der Waals surface area contributed by atoms with E-state index in [0.29, 0.717) is 6.07 Å². The first-order valence-corrected chi connectivity index (χ1v) is 9.74. The standard InChI is InChI=1S/C20H10ClF6N7O/c21-15-11(7-10(35)8-29-15)16-32-17(12-2-1-3-13(31-12)19(22,23)24)34-18(33-16)30-9-4-5-28-14(6-9)20(25,26)27/h1-8,35H,(H,28,30,32,33,34). The Morgan fingerprint density at radius 3 is 2.23 bits per heavy atom. The molecule has 0 aliphatic heterocycles. The molecule has 15 heteroatoms. The predicted octanol–water partition coefficient (Wildman–Crippen LogP) is 5.53. The third kappa shape index (κ3) is 5.54. The summed E-state index contributed by atoms with van der Waals surface area (Å²) in [5.74, 6) is -1.26. The molecule has 2 N–H and O–H groups in total. The van der Waals surface area contributed by atoms with E-state index in [1.807, 2.05) is 0 Å². The van der Waals surface area contributed by atoms with Gasteiger partial charge in [-0.25, -0.2) is 15.0 Å². The van der Waals surface area contributed by atoms with Crippen molar-refractivity contribution in [2.24, 2.45) is 0 Å². The van der Waals surface area contributed by atoms with Crippen LogP contribution in [-0.2, 0) is 12.4 Å². The van der Waals surface area contributed by atoms with Crippen LogP contribution in [0.15, 0.2) is 48.8 Å². The highest BCUT2D eigenvalue weighted by atomic mass is 35.5.